The molecule has 0 unspecified atom stereocenters. The molecule has 0 saturated carbocycles. The van der Waals surface area contributed by atoms with Gasteiger partial charge in [-0.3, -0.25) is 14.8 Å². The van der Waals surface area contributed by atoms with Crippen molar-refractivity contribution in [1.29, 1.82) is 0 Å². The first-order chi connectivity index (χ1) is 13.7. The Kier molecular flexibility index (Phi) is 3.79. The molecule has 0 radical (unpaired) electrons. The van der Waals surface area contributed by atoms with E-state index in [-0.39, 0.29) is 5.91 Å². The lowest BCUT2D eigenvalue weighted by molar-refractivity contribution is -0.116. The lowest BCUT2D eigenvalue weighted by Crippen LogP contribution is -2.24. The minimum atomic E-state index is 0.00653. The average molecular weight is 366 g/mol. The SMILES string of the molecule is CC(=O)N1/C(=C\c2cc(-c3cn[nH]c3)c3ccccc3n2)Cc2ccccc21. The van der Waals surface area contributed by atoms with Gasteiger partial charge in [0.25, 0.3) is 0 Å². The molecule has 5 rings (SSSR count). The van der Waals surface area contributed by atoms with Gasteiger partial charge in [-0.2, -0.15) is 5.10 Å². The van der Waals surface area contributed by atoms with Gasteiger partial charge in [-0.1, -0.05) is 36.4 Å². The van der Waals surface area contributed by atoms with Gasteiger partial charge in [-0.25, -0.2) is 4.98 Å². The van der Waals surface area contributed by atoms with Crippen LogP contribution in [0.25, 0.3) is 28.1 Å². The van der Waals surface area contributed by atoms with E-state index in [1.165, 1.54) is 0 Å². The number of hydrogen-bond acceptors (Lipinski definition) is 3. The number of amides is 1. The van der Waals surface area contributed by atoms with Crippen molar-refractivity contribution < 1.29 is 4.79 Å². The van der Waals surface area contributed by atoms with Crippen LogP contribution in [-0.2, 0) is 11.2 Å². The van der Waals surface area contributed by atoms with E-state index in [1.54, 1.807) is 11.8 Å². The summed E-state index contributed by atoms with van der Waals surface area (Å²) in [5, 5.41) is 8.04. The van der Waals surface area contributed by atoms with Crippen molar-refractivity contribution >= 4 is 28.6 Å². The highest BCUT2D eigenvalue weighted by molar-refractivity contribution is 6.00. The van der Waals surface area contributed by atoms with Crippen LogP contribution in [0.1, 0.15) is 18.2 Å². The number of fused-ring (bicyclic) bond motifs is 2. The maximum Gasteiger partial charge on any atom is 0.228 e. The van der Waals surface area contributed by atoms with E-state index in [0.29, 0.717) is 6.42 Å². The van der Waals surface area contributed by atoms with Crippen LogP contribution in [0, 0.1) is 0 Å². The molecule has 1 amide bonds. The Morgan fingerprint density at radius 2 is 1.96 bits per heavy atom. The van der Waals surface area contributed by atoms with Crippen LogP contribution in [0.5, 0.6) is 0 Å². The van der Waals surface area contributed by atoms with E-state index in [4.69, 9.17) is 4.98 Å². The molecule has 2 aromatic carbocycles. The Morgan fingerprint density at radius 1 is 1.14 bits per heavy atom. The summed E-state index contributed by atoms with van der Waals surface area (Å²) in [6.45, 7) is 1.60. The molecule has 1 aliphatic rings. The summed E-state index contributed by atoms with van der Waals surface area (Å²) in [6, 6.07) is 18.1. The number of hydrogen-bond donors (Lipinski definition) is 1. The number of pyridine rings is 1. The summed E-state index contributed by atoms with van der Waals surface area (Å²) in [7, 11) is 0. The van der Waals surface area contributed by atoms with E-state index in [1.807, 2.05) is 54.9 Å². The molecule has 0 atom stereocenters. The summed E-state index contributed by atoms with van der Waals surface area (Å²) in [5.41, 5.74) is 6.86. The number of nitrogens with zero attached hydrogens (tertiary/aromatic N) is 3. The van der Waals surface area contributed by atoms with Crippen molar-refractivity contribution in [1.82, 2.24) is 15.2 Å². The topological polar surface area (TPSA) is 61.9 Å². The van der Waals surface area contributed by atoms with Crippen molar-refractivity contribution in [2.45, 2.75) is 13.3 Å². The second-order valence-corrected chi connectivity index (χ2v) is 6.89. The number of anilines is 1. The van der Waals surface area contributed by atoms with Crippen molar-refractivity contribution in [3.05, 3.63) is 83.9 Å². The Labute approximate surface area is 162 Å². The second-order valence-electron chi connectivity index (χ2n) is 6.89. The van der Waals surface area contributed by atoms with Gasteiger partial charge in [0.2, 0.25) is 5.91 Å². The second kappa shape index (κ2) is 6.46. The molecule has 0 saturated heterocycles. The monoisotopic (exact) mass is 366 g/mol. The van der Waals surface area contributed by atoms with Gasteiger partial charge in [0.15, 0.2) is 0 Å². The highest BCUT2D eigenvalue weighted by Crippen LogP contribution is 2.36. The summed E-state index contributed by atoms with van der Waals surface area (Å²) in [5.74, 6) is 0.00653. The zero-order valence-electron chi connectivity index (χ0n) is 15.4. The Morgan fingerprint density at radius 3 is 2.79 bits per heavy atom. The average Bonchev–Trinajstić information content (AvgIpc) is 3.35. The number of rotatable bonds is 2. The lowest BCUT2D eigenvalue weighted by Gasteiger charge is -2.17. The third-order valence-corrected chi connectivity index (χ3v) is 5.07. The number of benzene rings is 2. The van der Waals surface area contributed by atoms with Gasteiger partial charge in [0.1, 0.15) is 0 Å². The number of carbonyl (C=O) groups is 1. The molecule has 0 spiro atoms. The molecule has 3 heterocycles. The van der Waals surface area contributed by atoms with Crippen molar-refractivity contribution in [3.63, 3.8) is 0 Å². The number of allylic oxidation sites excluding steroid dienone is 1. The zero-order valence-corrected chi connectivity index (χ0v) is 15.4. The van der Waals surface area contributed by atoms with E-state index in [9.17, 15) is 4.79 Å². The van der Waals surface area contributed by atoms with Crippen LogP contribution >= 0.6 is 0 Å². The van der Waals surface area contributed by atoms with Crippen LogP contribution in [0.4, 0.5) is 5.69 Å². The molecular formula is C23H18N4O. The summed E-state index contributed by atoms with van der Waals surface area (Å²) >= 11 is 0. The molecule has 0 bridgehead atoms. The maximum absolute atomic E-state index is 12.3. The number of para-hydroxylation sites is 2. The molecule has 28 heavy (non-hydrogen) atoms. The standard InChI is InChI=1S/C23H18N4O/c1-15(28)27-19(10-16-6-2-5-9-23(16)27)11-18-12-21(17-13-24-25-14-17)20-7-3-4-8-22(20)26-18/h2-9,11-14H,10H2,1H3,(H,24,25)/b19-11-. The molecule has 5 nitrogen and oxygen atoms in total. The van der Waals surface area contributed by atoms with Crippen LogP contribution in [0.2, 0.25) is 0 Å². The number of aromatic nitrogens is 3. The fourth-order valence-corrected chi connectivity index (χ4v) is 3.87. The largest absolute Gasteiger partial charge is 0.285 e. The lowest BCUT2D eigenvalue weighted by atomic mass is 10.0. The van der Waals surface area contributed by atoms with Crippen LogP contribution in [-0.4, -0.2) is 21.1 Å². The van der Waals surface area contributed by atoms with Gasteiger partial charge in [0, 0.05) is 36.2 Å². The quantitative estimate of drug-likeness (QED) is 0.565. The predicted octanol–water partition coefficient (Wildman–Crippen LogP) is 4.58. The third kappa shape index (κ3) is 2.68. The fraction of sp³-hybridized carbons (Fsp3) is 0.0870. The Bertz CT molecular complexity index is 1220. The minimum Gasteiger partial charge on any atom is -0.285 e. The van der Waals surface area contributed by atoms with Crippen molar-refractivity contribution in [2.75, 3.05) is 4.90 Å². The third-order valence-electron chi connectivity index (χ3n) is 5.07. The molecule has 5 heteroatoms. The van der Waals surface area contributed by atoms with Gasteiger partial charge in [-0.05, 0) is 35.4 Å². The van der Waals surface area contributed by atoms with E-state index in [2.05, 4.69) is 28.4 Å². The van der Waals surface area contributed by atoms with Gasteiger partial charge in [0.05, 0.1) is 23.1 Å². The number of aromatic amines is 1. The van der Waals surface area contributed by atoms with Gasteiger partial charge >= 0.3 is 0 Å². The first kappa shape index (κ1) is 16.4. The molecule has 1 N–H and O–H groups in total. The molecule has 2 aromatic heterocycles. The Balaban J connectivity index is 1.67. The first-order valence-electron chi connectivity index (χ1n) is 9.19. The number of nitrogens with one attached hydrogen (secondary N) is 1. The summed E-state index contributed by atoms with van der Waals surface area (Å²) < 4.78 is 0. The molecule has 0 fully saturated rings. The van der Waals surface area contributed by atoms with E-state index >= 15 is 0 Å². The normalized spacial score (nSPS) is 14.6. The zero-order chi connectivity index (χ0) is 19.1. The highest BCUT2D eigenvalue weighted by atomic mass is 16.2. The summed E-state index contributed by atoms with van der Waals surface area (Å²) in [4.78, 5) is 18.9. The fourth-order valence-electron chi connectivity index (χ4n) is 3.87. The highest BCUT2D eigenvalue weighted by Gasteiger charge is 2.26. The van der Waals surface area contributed by atoms with Crippen LogP contribution in [0.15, 0.2) is 72.7 Å². The van der Waals surface area contributed by atoms with E-state index in [0.717, 1.165) is 44.7 Å². The number of carbonyl (C=O) groups excluding carboxylic acids is 1. The van der Waals surface area contributed by atoms with Crippen LogP contribution < -0.4 is 4.90 Å². The smallest absolute Gasteiger partial charge is 0.228 e. The molecule has 136 valence electrons. The summed E-state index contributed by atoms with van der Waals surface area (Å²) in [6.07, 6.45) is 6.42. The Hall–Kier alpha value is -3.73. The van der Waals surface area contributed by atoms with Crippen molar-refractivity contribution in [2.24, 2.45) is 0 Å². The molecule has 1 aliphatic heterocycles. The van der Waals surface area contributed by atoms with Crippen molar-refractivity contribution in [3.8, 4) is 11.1 Å². The minimum absolute atomic E-state index is 0.00653. The molecule has 4 aromatic rings. The van der Waals surface area contributed by atoms with Gasteiger partial charge in [-0.15, -0.1) is 0 Å². The first-order valence-corrected chi connectivity index (χ1v) is 9.19. The van der Waals surface area contributed by atoms with Gasteiger partial charge < -0.3 is 0 Å². The molecule has 0 aliphatic carbocycles. The predicted molar refractivity (Wildman–Crippen MR) is 111 cm³/mol. The molecular weight excluding hydrogens is 348 g/mol. The maximum atomic E-state index is 12.3. The number of H-pyrrole nitrogens is 1. The van der Waals surface area contributed by atoms with Crippen LogP contribution in [0.3, 0.4) is 0 Å². The van der Waals surface area contributed by atoms with E-state index < -0.39 is 0 Å².